The Kier molecular flexibility index (Phi) is 2.14. The second-order valence-electron chi connectivity index (χ2n) is 4.72. The fourth-order valence-electron chi connectivity index (χ4n) is 2.63. The minimum atomic E-state index is -0.946. The number of rotatable bonds is 1. The van der Waals surface area contributed by atoms with Gasteiger partial charge < -0.3 is 31.2 Å². The van der Waals surface area contributed by atoms with Crippen molar-refractivity contribution in [2.24, 2.45) is 0 Å². The molecule has 0 unspecified atom stereocenters. The summed E-state index contributed by atoms with van der Waals surface area (Å²) in [7, 11) is 0. The molecular weight excluding hydrogens is 268 g/mol. The van der Waals surface area contributed by atoms with Crippen molar-refractivity contribution in [3.8, 4) is 6.01 Å². The van der Waals surface area contributed by atoms with Gasteiger partial charge in [0.25, 0.3) is 0 Å². The lowest BCUT2D eigenvalue weighted by Gasteiger charge is -2.13. The van der Waals surface area contributed by atoms with Crippen LogP contribution in [0.2, 0.25) is 0 Å². The highest BCUT2D eigenvalue weighted by Crippen LogP contribution is 2.42. The lowest BCUT2D eigenvalue weighted by molar-refractivity contribution is -0.0419. The SMILES string of the molecule is Nc1nc(N)c2nc3n(c2n1)[C@@H]1O[C@H](CO)[C@@H](O)[C@@H]1O3. The summed E-state index contributed by atoms with van der Waals surface area (Å²) in [6.07, 6.45) is -2.93. The van der Waals surface area contributed by atoms with Crippen molar-refractivity contribution in [1.29, 1.82) is 0 Å². The monoisotopic (exact) mass is 280 g/mol. The van der Waals surface area contributed by atoms with Crippen LogP contribution in [0.4, 0.5) is 11.8 Å². The maximum absolute atomic E-state index is 10.00. The third-order valence-corrected chi connectivity index (χ3v) is 3.54. The quantitative estimate of drug-likeness (QED) is 0.464. The highest BCUT2D eigenvalue weighted by molar-refractivity contribution is 5.84. The molecule has 2 aliphatic heterocycles. The molecule has 4 atom stereocenters. The van der Waals surface area contributed by atoms with E-state index in [2.05, 4.69) is 15.0 Å². The van der Waals surface area contributed by atoms with Crippen molar-refractivity contribution in [3.63, 3.8) is 0 Å². The van der Waals surface area contributed by atoms with Crippen molar-refractivity contribution in [2.75, 3.05) is 18.1 Å². The van der Waals surface area contributed by atoms with Gasteiger partial charge in [-0.3, -0.25) is 0 Å². The standard InChI is InChI=1S/C10H12N6O4/c11-6-3-7(15-9(12)14-6)16-8-5(20-10(16)13-3)4(18)2(1-17)19-8/h2,4-5,8,17-18H,1H2,(H4,11,12,14,15)/t2-,4-,5+,8-/m1/s1. The summed E-state index contributed by atoms with van der Waals surface area (Å²) in [5.41, 5.74) is 12.1. The highest BCUT2D eigenvalue weighted by Gasteiger charge is 2.52. The van der Waals surface area contributed by atoms with Crippen LogP contribution >= 0.6 is 0 Å². The van der Waals surface area contributed by atoms with E-state index in [1.54, 1.807) is 4.57 Å². The van der Waals surface area contributed by atoms with Crippen LogP contribution < -0.4 is 16.2 Å². The van der Waals surface area contributed by atoms with Crippen LogP contribution in [0.25, 0.3) is 11.2 Å². The number of nitrogens with two attached hydrogens (primary N) is 2. The maximum atomic E-state index is 10.00. The highest BCUT2D eigenvalue weighted by atomic mass is 16.6. The Balaban J connectivity index is 1.88. The number of ether oxygens (including phenoxy) is 2. The molecule has 4 rings (SSSR count). The number of imidazole rings is 1. The molecule has 1 saturated heterocycles. The number of aromatic nitrogens is 4. The molecule has 0 amide bonds. The van der Waals surface area contributed by atoms with Gasteiger partial charge >= 0.3 is 6.01 Å². The van der Waals surface area contributed by atoms with Gasteiger partial charge in [0.05, 0.1) is 6.61 Å². The number of aliphatic hydroxyl groups excluding tert-OH is 2. The lowest BCUT2D eigenvalue weighted by Crippen LogP contribution is -2.34. The molecule has 0 spiro atoms. The Morgan fingerprint density at radius 2 is 2.05 bits per heavy atom. The maximum Gasteiger partial charge on any atom is 0.301 e. The van der Waals surface area contributed by atoms with Crippen LogP contribution in [0.3, 0.4) is 0 Å². The van der Waals surface area contributed by atoms with E-state index in [9.17, 15) is 5.11 Å². The third-order valence-electron chi connectivity index (χ3n) is 3.54. The summed E-state index contributed by atoms with van der Waals surface area (Å²) in [5, 5.41) is 19.2. The van der Waals surface area contributed by atoms with E-state index in [1.807, 2.05) is 0 Å². The summed E-state index contributed by atoms with van der Waals surface area (Å²) in [6.45, 7) is -0.307. The molecule has 2 aromatic rings. The van der Waals surface area contributed by atoms with E-state index in [4.69, 9.17) is 26.0 Å². The van der Waals surface area contributed by atoms with Crippen molar-refractivity contribution in [1.82, 2.24) is 19.5 Å². The second-order valence-corrected chi connectivity index (χ2v) is 4.72. The Bertz CT molecular complexity index is 703. The van der Waals surface area contributed by atoms with E-state index in [-0.39, 0.29) is 24.4 Å². The molecule has 6 N–H and O–H groups in total. The Labute approximate surface area is 111 Å². The zero-order chi connectivity index (χ0) is 14.0. The van der Waals surface area contributed by atoms with Gasteiger partial charge in [-0.15, -0.1) is 0 Å². The molecule has 0 aromatic carbocycles. The zero-order valence-electron chi connectivity index (χ0n) is 10.2. The zero-order valence-corrected chi connectivity index (χ0v) is 10.2. The minimum absolute atomic E-state index is 0.0124. The van der Waals surface area contributed by atoms with Gasteiger partial charge in [0.1, 0.15) is 12.2 Å². The molecule has 10 nitrogen and oxygen atoms in total. The van der Waals surface area contributed by atoms with Crippen molar-refractivity contribution < 1.29 is 19.7 Å². The molecule has 0 radical (unpaired) electrons. The van der Waals surface area contributed by atoms with Crippen LogP contribution in [-0.2, 0) is 4.74 Å². The summed E-state index contributed by atoms with van der Waals surface area (Å²) < 4.78 is 12.7. The van der Waals surface area contributed by atoms with Gasteiger partial charge in [0.15, 0.2) is 29.3 Å². The van der Waals surface area contributed by atoms with E-state index in [0.717, 1.165) is 0 Å². The molecule has 0 bridgehead atoms. The average molecular weight is 280 g/mol. The first-order valence-electron chi connectivity index (χ1n) is 6.02. The number of nitrogen functional groups attached to an aromatic ring is 2. The molecule has 1 fully saturated rings. The second kappa shape index (κ2) is 3.69. The first-order valence-corrected chi connectivity index (χ1v) is 6.02. The number of hydrogen-bond acceptors (Lipinski definition) is 9. The fourth-order valence-corrected chi connectivity index (χ4v) is 2.63. The average Bonchev–Trinajstić information content (AvgIpc) is 3.00. The predicted molar refractivity (Wildman–Crippen MR) is 65.6 cm³/mol. The molecule has 0 saturated carbocycles. The molecule has 2 aromatic heterocycles. The normalized spacial score (nSPS) is 31.3. The lowest BCUT2D eigenvalue weighted by atomic mass is 10.1. The number of aliphatic hydroxyl groups is 2. The van der Waals surface area contributed by atoms with Crippen LogP contribution in [0.1, 0.15) is 6.23 Å². The Morgan fingerprint density at radius 1 is 1.25 bits per heavy atom. The third kappa shape index (κ3) is 1.30. The number of hydrogen-bond donors (Lipinski definition) is 4. The summed E-state index contributed by atoms with van der Waals surface area (Å²) in [6, 6.07) is 0.233. The summed E-state index contributed by atoms with van der Waals surface area (Å²) in [5.74, 6) is 0.158. The molecule has 4 heterocycles. The van der Waals surface area contributed by atoms with Crippen LogP contribution in [0, 0.1) is 0 Å². The van der Waals surface area contributed by atoms with Gasteiger partial charge in [0, 0.05) is 0 Å². The Hall–Kier alpha value is -2.17. The smallest absolute Gasteiger partial charge is 0.301 e. The first-order chi connectivity index (χ1) is 9.60. The fraction of sp³-hybridized carbons (Fsp3) is 0.500. The molecule has 2 aliphatic rings. The summed E-state index contributed by atoms with van der Waals surface area (Å²) in [4.78, 5) is 12.1. The molecule has 0 aliphatic carbocycles. The Morgan fingerprint density at radius 3 is 2.80 bits per heavy atom. The van der Waals surface area contributed by atoms with Crippen molar-refractivity contribution in [2.45, 2.75) is 24.5 Å². The molecular formula is C10H12N6O4. The number of nitrogens with zero attached hydrogens (tertiary/aromatic N) is 4. The van der Waals surface area contributed by atoms with Gasteiger partial charge in [-0.05, 0) is 0 Å². The minimum Gasteiger partial charge on any atom is -0.453 e. The molecule has 10 heteroatoms. The summed E-state index contributed by atoms with van der Waals surface area (Å²) >= 11 is 0. The first kappa shape index (κ1) is 11.6. The van der Waals surface area contributed by atoms with Crippen LogP contribution in [-0.4, -0.2) is 54.7 Å². The van der Waals surface area contributed by atoms with Crippen LogP contribution in [0.15, 0.2) is 0 Å². The topological polar surface area (TPSA) is 155 Å². The van der Waals surface area contributed by atoms with Crippen molar-refractivity contribution in [3.05, 3.63) is 0 Å². The number of fused-ring (bicyclic) bond motifs is 5. The van der Waals surface area contributed by atoms with Gasteiger partial charge in [-0.25, -0.2) is 4.57 Å². The number of anilines is 2. The van der Waals surface area contributed by atoms with E-state index < -0.39 is 24.5 Å². The van der Waals surface area contributed by atoms with Gasteiger partial charge in [-0.2, -0.15) is 15.0 Å². The van der Waals surface area contributed by atoms with E-state index in [0.29, 0.717) is 11.2 Å². The molecule has 106 valence electrons. The largest absolute Gasteiger partial charge is 0.453 e. The van der Waals surface area contributed by atoms with E-state index in [1.165, 1.54) is 0 Å². The molecule has 20 heavy (non-hydrogen) atoms. The van der Waals surface area contributed by atoms with Gasteiger partial charge in [0.2, 0.25) is 5.95 Å². The van der Waals surface area contributed by atoms with Crippen LogP contribution in [0.5, 0.6) is 6.01 Å². The predicted octanol–water partition coefficient (Wildman–Crippen LogP) is -2.00. The van der Waals surface area contributed by atoms with Gasteiger partial charge in [-0.1, -0.05) is 0 Å². The van der Waals surface area contributed by atoms with Crippen molar-refractivity contribution >= 4 is 22.9 Å². The van der Waals surface area contributed by atoms with E-state index >= 15 is 0 Å².